The summed E-state index contributed by atoms with van der Waals surface area (Å²) in [6.45, 7) is 13.1. The van der Waals surface area contributed by atoms with Crippen LogP contribution in [-0.2, 0) is 17.6 Å². The van der Waals surface area contributed by atoms with Gasteiger partial charge in [0, 0.05) is 5.30 Å². The number of ether oxygens (including phenoxy) is 1. The van der Waals surface area contributed by atoms with Gasteiger partial charge in [0.05, 0.1) is 21.8 Å². The first-order valence-corrected chi connectivity index (χ1v) is 15.9. The van der Waals surface area contributed by atoms with Gasteiger partial charge in [0.25, 0.3) is 0 Å². The average molecular weight is 558 g/mol. The standard InChI is InChI=1S/C34H40NO2PS/c1-33(2,3)32(35-39(36)34(4,5)6)29-23-16-24-30(37-25-26-17-10-7-11-18-26)31(29)38(27-19-12-8-13-20-27)28-21-14-9-15-22-28/h7-24,32,35H,25H2,1-6H3. The molecule has 1 N–H and O–H groups in total. The summed E-state index contributed by atoms with van der Waals surface area (Å²) in [7, 11) is -2.21. The van der Waals surface area contributed by atoms with E-state index >= 15 is 0 Å². The first-order chi connectivity index (χ1) is 18.6. The first kappa shape index (κ1) is 29.2. The molecule has 0 saturated carbocycles. The van der Waals surface area contributed by atoms with Crippen molar-refractivity contribution in [1.82, 2.24) is 4.72 Å². The van der Waals surface area contributed by atoms with Gasteiger partial charge in [-0.1, -0.05) is 124 Å². The maximum atomic E-state index is 13.5. The quantitative estimate of drug-likeness (QED) is 0.222. The second kappa shape index (κ2) is 12.6. The molecule has 39 heavy (non-hydrogen) atoms. The van der Waals surface area contributed by atoms with Crippen LogP contribution in [0.2, 0.25) is 0 Å². The molecule has 0 spiro atoms. The molecule has 3 nitrogen and oxygen atoms in total. The van der Waals surface area contributed by atoms with Crippen molar-refractivity contribution < 1.29 is 8.95 Å². The molecule has 204 valence electrons. The van der Waals surface area contributed by atoms with Crippen molar-refractivity contribution in [2.45, 2.75) is 58.9 Å². The molecule has 5 heteroatoms. The highest BCUT2D eigenvalue weighted by Gasteiger charge is 2.35. The molecule has 0 bridgehead atoms. The Morgan fingerprint density at radius 3 is 1.72 bits per heavy atom. The molecule has 4 rings (SSSR count). The fraction of sp³-hybridized carbons (Fsp3) is 0.294. The van der Waals surface area contributed by atoms with E-state index in [1.165, 1.54) is 15.9 Å². The largest absolute Gasteiger partial charge is 0.488 e. The van der Waals surface area contributed by atoms with E-state index in [1.54, 1.807) is 0 Å². The summed E-state index contributed by atoms with van der Waals surface area (Å²) in [4.78, 5) is 0. The molecule has 0 amide bonds. The van der Waals surface area contributed by atoms with Crippen molar-refractivity contribution in [2.75, 3.05) is 0 Å². The van der Waals surface area contributed by atoms with Crippen molar-refractivity contribution in [1.29, 1.82) is 0 Å². The van der Waals surface area contributed by atoms with Crippen LogP contribution in [-0.4, -0.2) is 8.96 Å². The van der Waals surface area contributed by atoms with E-state index in [4.69, 9.17) is 4.74 Å². The summed E-state index contributed by atoms with van der Waals surface area (Å²) < 4.78 is 23.3. The zero-order chi connectivity index (χ0) is 28.0. The highest BCUT2D eigenvalue weighted by molar-refractivity contribution is 7.84. The molecule has 4 aromatic rings. The monoisotopic (exact) mass is 557 g/mol. The first-order valence-electron chi connectivity index (χ1n) is 13.4. The molecule has 0 saturated heterocycles. The number of hydrogen-bond donors (Lipinski definition) is 1. The van der Waals surface area contributed by atoms with Crippen LogP contribution in [0.25, 0.3) is 0 Å². The van der Waals surface area contributed by atoms with Gasteiger partial charge in [-0.15, -0.1) is 0 Å². The van der Waals surface area contributed by atoms with E-state index in [2.05, 4.69) is 116 Å². The number of benzene rings is 4. The van der Waals surface area contributed by atoms with E-state index in [9.17, 15) is 4.21 Å². The molecule has 4 aromatic carbocycles. The lowest BCUT2D eigenvalue weighted by atomic mass is 9.83. The van der Waals surface area contributed by atoms with E-state index in [-0.39, 0.29) is 11.5 Å². The Balaban J connectivity index is 1.94. The maximum Gasteiger partial charge on any atom is 0.128 e. The Morgan fingerprint density at radius 1 is 0.718 bits per heavy atom. The molecule has 2 atom stereocenters. The van der Waals surface area contributed by atoms with Crippen LogP contribution < -0.4 is 25.4 Å². The highest BCUT2D eigenvalue weighted by atomic mass is 32.2. The molecule has 2 unspecified atom stereocenters. The van der Waals surface area contributed by atoms with E-state index < -0.39 is 23.7 Å². The van der Waals surface area contributed by atoms with Crippen molar-refractivity contribution in [3.05, 3.63) is 120 Å². The predicted octanol–water partition coefficient (Wildman–Crippen LogP) is 7.16. The molecular weight excluding hydrogens is 517 g/mol. The zero-order valence-corrected chi connectivity index (χ0v) is 25.6. The third-order valence-corrected chi connectivity index (χ3v) is 10.6. The molecule has 0 radical (unpaired) electrons. The van der Waals surface area contributed by atoms with Crippen LogP contribution in [0.1, 0.15) is 58.7 Å². The lowest BCUT2D eigenvalue weighted by Crippen LogP contribution is -2.42. The van der Waals surface area contributed by atoms with Gasteiger partial charge < -0.3 is 4.74 Å². The minimum absolute atomic E-state index is 0.162. The van der Waals surface area contributed by atoms with Crippen molar-refractivity contribution in [3.63, 3.8) is 0 Å². The van der Waals surface area contributed by atoms with Gasteiger partial charge in [-0.3, -0.25) is 0 Å². The van der Waals surface area contributed by atoms with Crippen LogP contribution in [0, 0.1) is 5.41 Å². The summed E-state index contributed by atoms with van der Waals surface area (Å²) in [6, 6.07) is 37.9. The van der Waals surface area contributed by atoms with Crippen molar-refractivity contribution in [3.8, 4) is 5.75 Å². The summed E-state index contributed by atoms with van der Waals surface area (Å²) >= 11 is 0. The fourth-order valence-electron chi connectivity index (χ4n) is 4.42. The summed E-state index contributed by atoms with van der Waals surface area (Å²) in [5.74, 6) is 0.868. The van der Waals surface area contributed by atoms with E-state index in [1.807, 2.05) is 39.0 Å². The molecule has 0 aromatic heterocycles. The SMILES string of the molecule is CC(C)(C)C(NS(=O)C(C)(C)C)c1cccc(OCc2ccccc2)c1P(c1ccccc1)c1ccccc1. The number of nitrogens with one attached hydrogen (secondary N) is 1. The summed E-state index contributed by atoms with van der Waals surface area (Å²) in [5, 5.41) is 3.67. The van der Waals surface area contributed by atoms with Gasteiger partial charge in [-0.25, -0.2) is 8.93 Å². The van der Waals surface area contributed by atoms with Crippen LogP contribution >= 0.6 is 7.92 Å². The third-order valence-electron chi connectivity index (χ3n) is 6.48. The van der Waals surface area contributed by atoms with Gasteiger partial charge in [0.2, 0.25) is 0 Å². The molecular formula is C34H40NO2PS. The normalized spacial score (nSPS) is 13.7. The fourth-order valence-corrected chi connectivity index (χ4v) is 8.04. The lowest BCUT2D eigenvalue weighted by Gasteiger charge is -2.37. The third kappa shape index (κ3) is 7.45. The second-order valence-corrected chi connectivity index (χ2v) is 15.9. The second-order valence-electron chi connectivity index (χ2n) is 11.8. The summed E-state index contributed by atoms with van der Waals surface area (Å²) in [6.07, 6.45) is 0. The molecule has 0 heterocycles. The average Bonchev–Trinajstić information content (AvgIpc) is 2.92. The molecule has 0 aliphatic rings. The number of rotatable bonds is 9. The van der Waals surface area contributed by atoms with E-state index in [0.717, 1.165) is 16.9 Å². The maximum absolute atomic E-state index is 13.5. The summed E-state index contributed by atoms with van der Waals surface area (Å²) in [5.41, 5.74) is 2.05. The van der Waals surface area contributed by atoms with Crippen LogP contribution in [0.3, 0.4) is 0 Å². The zero-order valence-electron chi connectivity index (χ0n) is 23.8. The Hall–Kier alpha value is -2.78. The van der Waals surface area contributed by atoms with Gasteiger partial charge in [0.1, 0.15) is 12.4 Å². The Morgan fingerprint density at radius 2 is 1.23 bits per heavy atom. The van der Waals surface area contributed by atoms with Gasteiger partial charge in [-0.05, 0) is 61.9 Å². The minimum atomic E-state index is -1.25. The van der Waals surface area contributed by atoms with Crippen molar-refractivity contribution >= 4 is 34.8 Å². The smallest absolute Gasteiger partial charge is 0.128 e. The van der Waals surface area contributed by atoms with Crippen LogP contribution in [0.5, 0.6) is 5.75 Å². The van der Waals surface area contributed by atoms with Crippen LogP contribution in [0.4, 0.5) is 0 Å². The number of hydrogen-bond acceptors (Lipinski definition) is 2. The van der Waals surface area contributed by atoms with Gasteiger partial charge in [-0.2, -0.15) is 0 Å². The van der Waals surface area contributed by atoms with Crippen molar-refractivity contribution in [2.24, 2.45) is 5.41 Å². The van der Waals surface area contributed by atoms with Crippen LogP contribution in [0.15, 0.2) is 109 Å². The molecule has 0 aliphatic heterocycles. The lowest BCUT2D eigenvalue weighted by molar-refractivity contribution is 0.299. The predicted molar refractivity (Wildman–Crippen MR) is 169 cm³/mol. The Labute approximate surface area is 238 Å². The highest BCUT2D eigenvalue weighted by Crippen LogP contribution is 2.43. The van der Waals surface area contributed by atoms with Gasteiger partial charge in [0.15, 0.2) is 0 Å². The van der Waals surface area contributed by atoms with E-state index in [0.29, 0.717) is 6.61 Å². The Bertz CT molecular complexity index is 1320. The topological polar surface area (TPSA) is 38.3 Å². The minimum Gasteiger partial charge on any atom is -0.488 e. The van der Waals surface area contributed by atoms with Gasteiger partial charge >= 0.3 is 0 Å². The molecule has 0 fully saturated rings. The molecule has 0 aliphatic carbocycles. The Kier molecular flexibility index (Phi) is 9.43.